The average molecular weight is 1180 g/mol. The summed E-state index contributed by atoms with van der Waals surface area (Å²) >= 11 is 0. The summed E-state index contributed by atoms with van der Waals surface area (Å²) in [5.41, 5.74) is 6.16. The van der Waals surface area contributed by atoms with Crippen LogP contribution >= 0.6 is 0 Å². The number of morpholine rings is 1. The Morgan fingerprint density at radius 2 is 1.67 bits per heavy atom. The first-order valence-electron chi connectivity index (χ1n) is 29.9. The molecule has 2 aromatic carbocycles. The van der Waals surface area contributed by atoms with E-state index in [1.165, 1.54) is 11.1 Å². The van der Waals surface area contributed by atoms with Crippen LogP contribution in [-0.4, -0.2) is 172 Å². The number of H-pyrrole nitrogens is 1. The molecule has 85 heavy (non-hydrogen) atoms. The number of hydrogen-bond acceptors (Lipinski definition) is 20. The number of carbonyl (C=O) groups is 1. The summed E-state index contributed by atoms with van der Waals surface area (Å²) in [6.07, 6.45) is 9.62. The number of sulfonamides is 1. The number of nitro groups is 1. The van der Waals surface area contributed by atoms with E-state index in [4.69, 9.17) is 38.4 Å². The number of rotatable bonds is 13. The summed E-state index contributed by atoms with van der Waals surface area (Å²) in [7, 11) is -3.10. The lowest BCUT2D eigenvalue weighted by Crippen LogP contribution is -2.59. The summed E-state index contributed by atoms with van der Waals surface area (Å²) in [5, 5.41) is 15.9. The lowest BCUT2D eigenvalue weighted by molar-refractivity contribution is -0.384. The molecule has 24 heteroatoms. The predicted octanol–water partition coefficient (Wildman–Crippen LogP) is 7.13. The van der Waals surface area contributed by atoms with Crippen LogP contribution in [0.15, 0.2) is 84.1 Å². The van der Waals surface area contributed by atoms with E-state index in [9.17, 15) is 23.3 Å². The molecule has 7 aliphatic heterocycles. The molecule has 1 amide bonds. The second kappa shape index (κ2) is 22.8. The van der Waals surface area contributed by atoms with Gasteiger partial charge in [-0.1, -0.05) is 24.3 Å². The van der Waals surface area contributed by atoms with Gasteiger partial charge in [-0.25, -0.2) is 9.71 Å². The number of anilines is 5. The lowest BCUT2D eigenvalue weighted by Gasteiger charge is -2.58. The fraction of sp³-hybridized carbons (Fsp3) is 0.508. The summed E-state index contributed by atoms with van der Waals surface area (Å²) in [6, 6.07) is 21.4. The second-order valence-corrected chi connectivity index (χ2v) is 25.7. The highest BCUT2D eigenvalue weighted by atomic mass is 32.2. The molecule has 1 saturated carbocycles. The third-order valence-corrected chi connectivity index (χ3v) is 20.4. The highest BCUT2D eigenvalue weighted by Crippen LogP contribution is 2.54. The molecule has 11 heterocycles. The molecule has 6 fully saturated rings. The average Bonchev–Trinajstić information content (AvgIpc) is 2.30. The van der Waals surface area contributed by atoms with Crippen LogP contribution in [0.1, 0.15) is 78.0 Å². The summed E-state index contributed by atoms with van der Waals surface area (Å²) in [5.74, 6) is 0.991. The number of piperidine rings is 1. The minimum atomic E-state index is -4.83. The number of hydrogen-bond donors (Lipinski definition) is 3. The van der Waals surface area contributed by atoms with Crippen molar-refractivity contribution in [1.29, 1.82) is 0 Å². The standard InChI is InChI=1S/C61H72N12O11S/c1-38-5-3-4-6-44(38)51-35-68(34-39-27-52(79-2)57(63-33-39)70-20-25-81-26-21-70)18-19-71(51)43-31-61(32-43)13-16-69(17-14-61)42-7-8-45(48(29-42)72-47-12-24-82-37-53(47)84-59-50(72)28-41-9-15-62-56(41)66-59)58(74)67-85(77,78)54-30-49(73(75)76)55-60(65-54)83-36-46(64-55)40-10-22-80-23-11-40/h3-9,15,27-30,33,40,43,46-47,51,53,64H,10-14,16-26,31-32,34-37H2,1-2H3,(H,62,66)(H,67,74)/t46-,47-,51-,53-/m0/s1. The topological polar surface area (TPSA) is 244 Å². The SMILES string of the molecule is COc1cc(CN2CCN(C3CC4(CCN(c5ccc(C(=O)NS(=O)(=O)c6cc([N+](=O)[O-])c7c(n6)OC[C@@H](C6CCOCC6)N7)c(N6c7cc8cc[nH]c8nc7O[C@H]7COCC[C@@H]76)c5)CC4)C3)[C@H](c3ccccc3C)C2)cnc1N1CCOCC1. The van der Waals surface area contributed by atoms with Crippen LogP contribution in [0.2, 0.25) is 0 Å². The van der Waals surface area contributed by atoms with Crippen LogP contribution in [0.3, 0.4) is 0 Å². The van der Waals surface area contributed by atoms with E-state index >= 15 is 0 Å². The maximum Gasteiger partial charge on any atom is 0.300 e. The van der Waals surface area contributed by atoms with Gasteiger partial charge < -0.3 is 53.4 Å². The molecule has 0 radical (unpaired) electrons. The van der Waals surface area contributed by atoms with Crippen LogP contribution < -0.4 is 38.9 Å². The number of aryl methyl sites for hydroxylation is 1. The molecule has 8 aliphatic rings. The van der Waals surface area contributed by atoms with Gasteiger partial charge in [-0.3, -0.25) is 24.7 Å². The minimum absolute atomic E-state index is 0.00192. The van der Waals surface area contributed by atoms with Crippen molar-refractivity contribution in [3.8, 4) is 17.5 Å². The van der Waals surface area contributed by atoms with Crippen molar-refractivity contribution >= 4 is 61.2 Å². The maximum atomic E-state index is 14.9. The Labute approximate surface area is 493 Å². The van der Waals surface area contributed by atoms with Crippen LogP contribution in [-0.2, 0) is 30.8 Å². The first-order chi connectivity index (χ1) is 41.4. The van der Waals surface area contributed by atoms with Gasteiger partial charge in [0.1, 0.15) is 24.0 Å². The molecule has 4 aromatic heterocycles. The number of pyridine rings is 3. The Kier molecular flexibility index (Phi) is 14.9. The Bertz CT molecular complexity index is 3620. The third kappa shape index (κ3) is 10.7. The maximum absolute atomic E-state index is 14.9. The van der Waals surface area contributed by atoms with Crippen molar-refractivity contribution in [2.75, 3.05) is 119 Å². The van der Waals surface area contributed by atoms with Crippen LogP contribution in [0.25, 0.3) is 11.0 Å². The van der Waals surface area contributed by atoms with Gasteiger partial charge in [-0.2, -0.15) is 18.4 Å². The number of amides is 1. The lowest BCUT2D eigenvalue weighted by atomic mass is 9.59. The van der Waals surface area contributed by atoms with Gasteiger partial charge in [0.05, 0.1) is 61.3 Å². The second-order valence-electron chi connectivity index (χ2n) is 24.1. The molecule has 4 atom stereocenters. The fourth-order valence-electron chi connectivity index (χ4n) is 14.5. The molecule has 23 nitrogen and oxygen atoms in total. The Morgan fingerprint density at radius 3 is 2.47 bits per heavy atom. The molecular weight excluding hydrogens is 1110 g/mol. The van der Waals surface area contributed by atoms with Gasteiger partial charge in [-0.05, 0) is 116 Å². The number of carbonyl (C=O) groups excluding carboxylic acids is 1. The van der Waals surface area contributed by atoms with E-state index in [1.54, 1.807) is 19.4 Å². The largest absolute Gasteiger partial charge is 0.493 e. The number of methoxy groups -OCH3 is 1. The third-order valence-electron chi connectivity index (χ3n) is 19.2. The van der Waals surface area contributed by atoms with Gasteiger partial charge in [0.15, 0.2) is 22.3 Å². The molecule has 0 bridgehead atoms. The number of benzene rings is 2. The van der Waals surface area contributed by atoms with Gasteiger partial charge >= 0.3 is 5.69 Å². The number of ether oxygens (including phenoxy) is 6. The van der Waals surface area contributed by atoms with Gasteiger partial charge in [0.25, 0.3) is 15.9 Å². The van der Waals surface area contributed by atoms with Crippen molar-refractivity contribution in [2.24, 2.45) is 11.3 Å². The van der Waals surface area contributed by atoms with Crippen LogP contribution in [0.4, 0.5) is 34.3 Å². The predicted molar refractivity (Wildman–Crippen MR) is 317 cm³/mol. The van der Waals surface area contributed by atoms with E-state index in [0.29, 0.717) is 68.4 Å². The number of aromatic nitrogens is 4. The Hall–Kier alpha value is -7.35. The first-order valence-corrected chi connectivity index (χ1v) is 31.4. The van der Waals surface area contributed by atoms with E-state index in [0.717, 1.165) is 125 Å². The van der Waals surface area contributed by atoms with E-state index in [1.807, 2.05) is 30.5 Å². The van der Waals surface area contributed by atoms with Gasteiger partial charge in [0, 0.05) is 108 Å². The number of piperazine rings is 1. The number of nitrogens with one attached hydrogen (secondary N) is 3. The van der Waals surface area contributed by atoms with Crippen molar-refractivity contribution < 1.29 is 46.6 Å². The van der Waals surface area contributed by atoms with Gasteiger partial charge in [-0.15, -0.1) is 0 Å². The summed E-state index contributed by atoms with van der Waals surface area (Å²) in [6.45, 7) is 12.3. The van der Waals surface area contributed by atoms with Crippen molar-refractivity contribution in [3.05, 3.63) is 111 Å². The Morgan fingerprint density at radius 1 is 0.871 bits per heavy atom. The minimum Gasteiger partial charge on any atom is -0.493 e. The molecule has 3 N–H and O–H groups in total. The number of fused-ring (bicyclic) bond motifs is 4. The molecule has 14 rings (SSSR count). The molecule has 1 aliphatic carbocycles. The first kappa shape index (κ1) is 55.5. The molecule has 1 spiro atoms. The number of nitrogens with zero attached hydrogens (tertiary/aromatic N) is 9. The van der Waals surface area contributed by atoms with Crippen LogP contribution in [0.5, 0.6) is 17.5 Å². The van der Waals surface area contributed by atoms with E-state index in [2.05, 4.69) is 81.8 Å². The summed E-state index contributed by atoms with van der Waals surface area (Å²) < 4.78 is 66.5. The highest BCUT2D eigenvalue weighted by molar-refractivity contribution is 7.90. The molecular formula is C61H72N12O11S. The summed E-state index contributed by atoms with van der Waals surface area (Å²) in [4.78, 5) is 56.1. The monoisotopic (exact) mass is 1180 g/mol. The fourth-order valence-corrected chi connectivity index (χ4v) is 15.5. The van der Waals surface area contributed by atoms with E-state index < -0.39 is 37.7 Å². The van der Waals surface area contributed by atoms with Crippen LogP contribution in [0, 0.1) is 28.4 Å². The zero-order valence-corrected chi connectivity index (χ0v) is 48.8. The zero-order chi connectivity index (χ0) is 58.0. The van der Waals surface area contributed by atoms with Crippen molar-refractivity contribution in [1.82, 2.24) is 34.5 Å². The molecule has 6 aromatic rings. The molecule has 448 valence electrons. The molecule has 0 unspecified atom stereocenters. The Balaban J connectivity index is 0.714. The van der Waals surface area contributed by atoms with Crippen molar-refractivity contribution in [2.45, 2.75) is 93.7 Å². The smallest absolute Gasteiger partial charge is 0.300 e. The molecule has 5 saturated heterocycles. The van der Waals surface area contributed by atoms with Gasteiger partial charge in [0.2, 0.25) is 11.8 Å². The quantitative estimate of drug-likeness (QED) is 0.0769. The zero-order valence-electron chi connectivity index (χ0n) is 47.9. The normalized spacial score (nSPS) is 23.9. The number of aromatic amines is 1. The van der Waals surface area contributed by atoms with Crippen molar-refractivity contribution in [3.63, 3.8) is 0 Å². The van der Waals surface area contributed by atoms with E-state index in [-0.39, 0.29) is 59.8 Å². The highest BCUT2D eigenvalue weighted by Gasteiger charge is 2.51.